The average Bonchev–Trinajstić information content (AvgIpc) is 2.86. The predicted octanol–water partition coefficient (Wildman–Crippen LogP) is 8.29. The molecule has 0 bridgehead atoms. The molecule has 0 aliphatic carbocycles. The number of unbranched alkanes of at least 4 members (excludes halogenated alkanes) is 2. The highest BCUT2D eigenvalue weighted by Gasteiger charge is 2.25. The van der Waals surface area contributed by atoms with Gasteiger partial charge < -0.3 is 9.47 Å². The summed E-state index contributed by atoms with van der Waals surface area (Å²) in [5.74, 6) is -2.26. The molecule has 34 heavy (non-hydrogen) atoms. The van der Waals surface area contributed by atoms with Crippen LogP contribution < -0.4 is 4.74 Å². The van der Waals surface area contributed by atoms with E-state index in [2.05, 4.69) is 6.92 Å². The maximum Gasteiger partial charge on any atom is 0.201 e. The molecule has 1 heterocycles. The number of halogens is 3. The van der Waals surface area contributed by atoms with E-state index in [9.17, 15) is 8.78 Å². The highest BCUT2D eigenvalue weighted by atomic mass is 19.2. The Morgan fingerprint density at radius 1 is 0.853 bits per heavy atom. The van der Waals surface area contributed by atoms with E-state index in [1.807, 2.05) is 12.1 Å². The van der Waals surface area contributed by atoms with Crippen molar-refractivity contribution in [3.05, 3.63) is 77.6 Å². The van der Waals surface area contributed by atoms with Gasteiger partial charge in [-0.3, -0.25) is 0 Å². The van der Waals surface area contributed by atoms with Gasteiger partial charge in [0.15, 0.2) is 11.6 Å². The van der Waals surface area contributed by atoms with Gasteiger partial charge in [-0.25, -0.2) is 8.78 Å². The van der Waals surface area contributed by atoms with Crippen LogP contribution in [0.2, 0.25) is 0 Å². The summed E-state index contributed by atoms with van der Waals surface area (Å²) < 4.78 is 54.4. The smallest absolute Gasteiger partial charge is 0.201 e. The standard InChI is InChI=1S/C29H31F3O2/c1-3-4-5-6-23-13-11-22(18-34-23)24-14-12-21(17-26(24)30)19-7-9-20(10-8-19)25-15-16-27(33-2)29(32)28(25)31/h7-10,12,14-17,22-23H,3-6,11,13,18H2,1-2H3. The molecule has 3 aromatic rings. The number of hydrogen-bond donors (Lipinski definition) is 0. The molecule has 1 saturated heterocycles. The van der Waals surface area contributed by atoms with Gasteiger partial charge in [0, 0.05) is 11.5 Å². The first-order valence-electron chi connectivity index (χ1n) is 12.1. The van der Waals surface area contributed by atoms with Crippen molar-refractivity contribution in [3.8, 4) is 28.0 Å². The van der Waals surface area contributed by atoms with E-state index in [4.69, 9.17) is 9.47 Å². The lowest BCUT2D eigenvalue weighted by Gasteiger charge is -2.29. The van der Waals surface area contributed by atoms with Crippen LogP contribution in [0.15, 0.2) is 54.6 Å². The summed E-state index contributed by atoms with van der Waals surface area (Å²) in [5, 5.41) is 0. The molecule has 3 aromatic carbocycles. The third kappa shape index (κ3) is 5.30. The minimum Gasteiger partial charge on any atom is -0.494 e. The van der Waals surface area contributed by atoms with Crippen LogP contribution >= 0.6 is 0 Å². The highest BCUT2D eigenvalue weighted by molar-refractivity contribution is 5.71. The second-order valence-corrected chi connectivity index (χ2v) is 8.98. The van der Waals surface area contributed by atoms with E-state index in [0.29, 0.717) is 23.8 Å². The third-order valence-electron chi connectivity index (χ3n) is 6.74. The average molecular weight is 469 g/mol. The normalized spacial score (nSPS) is 18.1. The lowest BCUT2D eigenvalue weighted by molar-refractivity contribution is -0.00267. The van der Waals surface area contributed by atoms with Crippen molar-refractivity contribution in [1.82, 2.24) is 0 Å². The summed E-state index contributed by atoms with van der Waals surface area (Å²) in [6.07, 6.45) is 6.91. The lowest BCUT2D eigenvalue weighted by atomic mass is 9.88. The van der Waals surface area contributed by atoms with Crippen molar-refractivity contribution >= 4 is 0 Å². The molecule has 0 saturated carbocycles. The molecule has 4 rings (SSSR count). The Kier molecular flexibility index (Phi) is 7.94. The molecule has 0 amide bonds. The zero-order valence-electron chi connectivity index (χ0n) is 19.8. The number of rotatable bonds is 8. The second-order valence-electron chi connectivity index (χ2n) is 8.98. The first-order valence-corrected chi connectivity index (χ1v) is 12.1. The lowest BCUT2D eigenvalue weighted by Crippen LogP contribution is -2.25. The molecule has 1 aliphatic heterocycles. The molecule has 0 spiro atoms. The summed E-state index contributed by atoms with van der Waals surface area (Å²) in [6, 6.07) is 15.2. The van der Waals surface area contributed by atoms with Crippen molar-refractivity contribution < 1.29 is 22.6 Å². The van der Waals surface area contributed by atoms with Gasteiger partial charge in [0.2, 0.25) is 5.82 Å². The summed E-state index contributed by atoms with van der Waals surface area (Å²) in [5.41, 5.74) is 2.93. The topological polar surface area (TPSA) is 18.5 Å². The van der Waals surface area contributed by atoms with Crippen LogP contribution in [0.1, 0.15) is 56.9 Å². The molecule has 0 N–H and O–H groups in total. The maximum atomic E-state index is 15.0. The number of hydrogen-bond acceptors (Lipinski definition) is 2. The van der Waals surface area contributed by atoms with Crippen LogP contribution in [-0.4, -0.2) is 19.8 Å². The first kappa shape index (κ1) is 24.3. The number of methoxy groups -OCH3 is 1. The minimum atomic E-state index is -1.01. The van der Waals surface area contributed by atoms with Crippen LogP contribution in [0.5, 0.6) is 5.75 Å². The fraction of sp³-hybridized carbons (Fsp3) is 0.379. The molecular formula is C29H31F3O2. The Hall–Kier alpha value is -2.79. The van der Waals surface area contributed by atoms with Gasteiger partial charge in [-0.15, -0.1) is 0 Å². The quantitative estimate of drug-likeness (QED) is 0.310. The Balaban J connectivity index is 1.45. The Morgan fingerprint density at radius 2 is 1.59 bits per heavy atom. The van der Waals surface area contributed by atoms with Crippen molar-refractivity contribution in [1.29, 1.82) is 0 Å². The van der Waals surface area contributed by atoms with Crippen LogP contribution in [0.25, 0.3) is 22.3 Å². The van der Waals surface area contributed by atoms with E-state index in [0.717, 1.165) is 30.4 Å². The van der Waals surface area contributed by atoms with Crippen LogP contribution in [0.3, 0.4) is 0 Å². The summed E-state index contributed by atoms with van der Waals surface area (Å²) in [6.45, 7) is 2.76. The van der Waals surface area contributed by atoms with E-state index >= 15 is 4.39 Å². The van der Waals surface area contributed by atoms with E-state index in [1.165, 1.54) is 38.5 Å². The Bertz CT molecular complexity index is 1100. The van der Waals surface area contributed by atoms with Gasteiger partial charge in [-0.2, -0.15) is 4.39 Å². The molecule has 1 aliphatic rings. The third-order valence-corrected chi connectivity index (χ3v) is 6.74. The molecule has 5 heteroatoms. The first-order chi connectivity index (χ1) is 16.5. The van der Waals surface area contributed by atoms with Gasteiger partial charge in [0.25, 0.3) is 0 Å². The summed E-state index contributed by atoms with van der Waals surface area (Å²) in [7, 11) is 1.30. The molecule has 1 fully saturated rings. The fourth-order valence-electron chi connectivity index (χ4n) is 4.69. The van der Waals surface area contributed by atoms with Crippen molar-refractivity contribution in [2.75, 3.05) is 13.7 Å². The van der Waals surface area contributed by atoms with Gasteiger partial charge in [-0.05, 0) is 59.7 Å². The van der Waals surface area contributed by atoms with Crippen molar-refractivity contribution in [2.24, 2.45) is 0 Å². The molecular weight excluding hydrogens is 437 g/mol. The molecule has 2 atom stereocenters. The van der Waals surface area contributed by atoms with E-state index in [1.54, 1.807) is 30.3 Å². The summed E-state index contributed by atoms with van der Waals surface area (Å²) >= 11 is 0. The zero-order chi connectivity index (χ0) is 24.1. The maximum absolute atomic E-state index is 15.0. The van der Waals surface area contributed by atoms with Crippen molar-refractivity contribution in [3.63, 3.8) is 0 Å². The van der Waals surface area contributed by atoms with Crippen LogP contribution in [-0.2, 0) is 4.74 Å². The van der Waals surface area contributed by atoms with Crippen molar-refractivity contribution in [2.45, 2.75) is 57.5 Å². The van der Waals surface area contributed by atoms with Crippen LogP contribution in [0, 0.1) is 17.5 Å². The Morgan fingerprint density at radius 3 is 2.24 bits per heavy atom. The molecule has 2 nitrogen and oxygen atoms in total. The largest absolute Gasteiger partial charge is 0.494 e. The van der Waals surface area contributed by atoms with Gasteiger partial charge in [0.1, 0.15) is 5.82 Å². The Labute approximate surface area is 199 Å². The molecule has 0 aromatic heterocycles. The zero-order valence-corrected chi connectivity index (χ0v) is 19.8. The van der Waals surface area contributed by atoms with E-state index in [-0.39, 0.29) is 23.0 Å². The number of ether oxygens (including phenoxy) is 2. The monoisotopic (exact) mass is 468 g/mol. The SMILES string of the molecule is CCCCCC1CCC(c2ccc(-c3ccc(-c4ccc(OC)c(F)c4F)cc3)cc2F)CO1. The van der Waals surface area contributed by atoms with Gasteiger partial charge in [0.05, 0.1) is 19.8 Å². The predicted molar refractivity (Wildman–Crippen MR) is 130 cm³/mol. The molecule has 0 radical (unpaired) electrons. The fourth-order valence-corrected chi connectivity index (χ4v) is 4.69. The van der Waals surface area contributed by atoms with Gasteiger partial charge >= 0.3 is 0 Å². The van der Waals surface area contributed by atoms with Crippen LogP contribution in [0.4, 0.5) is 13.2 Å². The minimum absolute atomic E-state index is 0.0757. The van der Waals surface area contributed by atoms with E-state index < -0.39 is 11.6 Å². The summed E-state index contributed by atoms with van der Waals surface area (Å²) in [4.78, 5) is 0. The number of benzene rings is 3. The molecule has 180 valence electrons. The highest BCUT2D eigenvalue weighted by Crippen LogP contribution is 2.34. The second kappa shape index (κ2) is 11.1. The van der Waals surface area contributed by atoms with Gasteiger partial charge in [-0.1, -0.05) is 62.6 Å². The molecule has 2 unspecified atom stereocenters.